The fourth-order valence-electron chi connectivity index (χ4n) is 1.73. The molecule has 0 aliphatic rings. The lowest BCUT2D eigenvalue weighted by atomic mass is 10.2. The molecule has 1 aromatic carbocycles. The molecule has 0 unspecified atom stereocenters. The summed E-state index contributed by atoms with van der Waals surface area (Å²) in [6, 6.07) is 9.05. The van der Waals surface area contributed by atoms with Crippen LogP contribution in [0.1, 0.15) is 22.2 Å². The van der Waals surface area contributed by atoms with Crippen LogP contribution in [0, 0.1) is 0 Å². The van der Waals surface area contributed by atoms with Crippen molar-refractivity contribution in [2.75, 3.05) is 11.9 Å². The summed E-state index contributed by atoms with van der Waals surface area (Å²) in [7, 11) is 0. The van der Waals surface area contributed by atoms with Gasteiger partial charge >= 0.3 is 5.97 Å². The van der Waals surface area contributed by atoms with E-state index >= 15 is 0 Å². The van der Waals surface area contributed by atoms with Gasteiger partial charge in [0.1, 0.15) is 10.6 Å². The third kappa shape index (κ3) is 4.06. The van der Waals surface area contributed by atoms with Crippen LogP contribution in [0.3, 0.4) is 0 Å². The number of hydrogen-bond acceptors (Lipinski definition) is 4. The highest BCUT2D eigenvalue weighted by molar-refractivity contribution is 7.12. The molecule has 0 aliphatic heterocycles. The van der Waals surface area contributed by atoms with E-state index in [1.165, 1.54) is 5.56 Å². The lowest BCUT2D eigenvalue weighted by Crippen LogP contribution is -2.20. The molecule has 1 heterocycles. The summed E-state index contributed by atoms with van der Waals surface area (Å²) in [6.45, 7) is 1.89. The molecule has 21 heavy (non-hydrogen) atoms. The number of carbonyl (C=O) groups is 2. The molecule has 2 rings (SSSR count). The Morgan fingerprint density at radius 3 is 2.57 bits per heavy atom. The van der Waals surface area contributed by atoms with Crippen molar-refractivity contribution >= 4 is 28.9 Å². The van der Waals surface area contributed by atoms with E-state index in [0.29, 0.717) is 11.4 Å². The van der Waals surface area contributed by atoms with Crippen molar-refractivity contribution in [1.29, 1.82) is 0 Å². The Balaban J connectivity index is 1.89. The van der Waals surface area contributed by atoms with Crippen molar-refractivity contribution in [1.82, 2.24) is 0 Å². The number of benzene rings is 1. The zero-order valence-corrected chi connectivity index (χ0v) is 12.3. The Bertz CT molecular complexity index is 633. The largest absolute Gasteiger partial charge is 0.484 e. The van der Waals surface area contributed by atoms with Gasteiger partial charge in [-0.1, -0.05) is 19.1 Å². The molecule has 0 spiro atoms. The second kappa shape index (κ2) is 6.90. The molecule has 5 nitrogen and oxygen atoms in total. The van der Waals surface area contributed by atoms with Gasteiger partial charge in [0.25, 0.3) is 5.91 Å². The van der Waals surface area contributed by atoms with Crippen molar-refractivity contribution in [3.63, 3.8) is 0 Å². The molecule has 2 aromatic rings. The predicted octanol–water partition coefficient (Wildman–Crippen LogP) is 3.03. The first-order valence-corrected chi connectivity index (χ1v) is 7.30. The first-order valence-electron chi connectivity index (χ1n) is 6.42. The molecule has 0 bridgehead atoms. The molecule has 0 saturated heterocycles. The van der Waals surface area contributed by atoms with Gasteiger partial charge in [-0.05, 0) is 35.6 Å². The topological polar surface area (TPSA) is 75.6 Å². The third-order valence-corrected chi connectivity index (χ3v) is 3.74. The van der Waals surface area contributed by atoms with Crippen molar-refractivity contribution in [3.8, 4) is 5.75 Å². The van der Waals surface area contributed by atoms with Crippen molar-refractivity contribution in [3.05, 3.63) is 46.2 Å². The quantitative estimate of drug-likeness (QED) is 0.860. The standard InChI is InChI=1S/C15H15NO4S/c1-2-10-3-5-11(6-4-10)20-9-13(17)16-12-7-8-21-14(12)15(18)19/h3-8H,2,9H2,1H3,(H,16,17)(H,18,19). The highest BCUT2D eigenvalue weighted by Crippen LogP contribution is 2.22. The van der Waals surface area contributed by atoms with Crippen molar-refractivity contribution in [2.45, 2.75) is 13.3 Å². The number of ether oxygens (including phenoxy) is 1. The van der Waals surface area contributed by atoms with Gasteiger partial charge in [0.2, 0.25) is 0 Å². The summed E-state index contributed by atoms with van der Waals surface area (Å²) >= 11 is 1.06. The number of thiophene rings is 1. The summed E-state index contributed by atoms with van der Waals surface area (Å²) in [5.74, 6) is -0.849. The summed E-state index contributed by atoms with van der Waals surface area (Å²) in [6.07, 6.45) is 0.941. The predicted molar refractivity (Wildman–Crippen MR) is 81.2 cm³/mol. The fraction of sp³-hybridized carbons (Fsp3) is 0.200. The minimum Gasteiger partial charge on any atom is -0.484 e. The molecule has 1 aromatic heterocycles. The Morgan fingerprint density at radius 2 is 1.95 bits per heavy atom. The van der Waals surface area contributed by atoms with Crippen LogP contribution in [0.4, 0.5) is 5.69 Å². The lowest BCUT2D eigenvalue weighted by molar-refractivity contribution is -0.118. The maximum atomic E-state index is 11.8. The van der Waals surface area contributed by atoms with E-state index < -0.39 is 11.9 Å². The lowest BCUT2D eigenvalue weighted by Gasteiger charge is -2.07. The normalized spacial score (nSPS) is 10.1. The number of aryl methyl sites for hydroxylation is 1. The monoisotopic (exact) mass is 305 g/mol. The van der Waals surface area contributed by atoms with E-state index in [9.17, 15) is 9.59 Å². The van der Waals surface area contributed by atoms with E-state index in [2.05, 4.69) is 12.2 Å². The number of rotatable bonds is 6. The highest BCUT2D eigenvalue weighted by Gasteiger charge is 2.14. The third-order valence-electron chi connectivity index (χ3n) is 2.84. The van der Waals surface area contributed by atoms with Gasteiger partial charge < -0.3 is 15.2 Å². The van der Waals surface area contributed by atoms with Gasteiger partial charge in [0.05, 0.1) is 5.69 Å². The second-order valence-electron chi connectivity index (χ2n) is 4.30. The maximum Gasteiger partial charge on any atom is 0.348 e. The summed E-state index contributed by atoms with van der Waals surface area (Å²) in [5, 5.41) is 13.1. The summed E-state index contributed by atoms with van der Waals surface area (Å²) < 4.78 is 5.36. The van der Waals surface area contributed by atoms with Crippen molar-refractivity contribution in [2.24, 2.45) is 0 Å². The number of anilines is 1. The Hall–Kier alpha value is -2.34. The molecule has 0 atom stereocenters. The van der Waals surface area contributed by atoms with E-state index in [4.69, 9.17) is 9.84 Å². The summed E-state index contributed by atoms with van der Waals surface area (Å²) in [5.41, 5.74) is 1.48. The maximum absolute atomic E-state index is 11.8. The van der Waals surface area contributed by atoms with Crippen molar-refractivity contribution < 1.29 is 19.4 Å². The average Bonchev–Trinajstić information content (AvgIpc) is 2.94. The Labute approximate surface area is 126 Å². The fourth-order valence-corrected chi connectivity index (χ4v) is 2.42. The Morgan fingerprint density at radius 1 is 1.24 bits per heavy atom. The van der Waals surface area contributed by atoms with Gasteiger partial charge in [0, 0.05) is 0 Å². The van der Waals surface area contributed by atoms with Gasteiger partial charge in [-0.2, -0.15) is 0 Å². The second-order valence-corrected chi connectivity index (χ2v) is 5.22. The number of carboxylic acids is 1. The molecule has 2 N–H and O–H groups in total. The number of nitrogens with one attached hydrogen (secondary N) is 1. The molecule has 110 valence electrons. The SMILES string of the molecule is CCc1ccc(OCC(=O)Nc2ccsc2C(=O)O)cc1. The van der Waals surface area contributed by atoms with Crippen LogP contribution in [0.15, 0.2) is 35.7 Å². The number of carboxylic acid groups (broad SMARTS) is 1. The first kappa shape index (κ1) is 15.1. The van der Waals surface area contributed by atoms with Crippen LogP contribution < -0.4 is 10.1 Å². The zero-order valence-electron chi connectivity index (χ0n) is 11.5. The molecule has 0 fully saturated rings. The van der Waals surface area contributed by atoms with Crippen LogP contribution in [-0.2, 0) is 11.2 Å². The molecular weight excluding hydrogens is 290 g/mol. The molecular formula is C15H15NO4S. The number of aromatic carboxylic acids is 1. The Kier molecular flexibility index (Phi) is 4.94. The number of carbonyl (C=O) groups excluding carboxylic acids is 1. The molecule has 6 heteroatoms. The summed E-state index contributed by atoms with van der Waals surface area (Å²) in [4.78, 5) is 22.8. The number of hydrogen-bond donors (Lipinski definition) is 2. The van der Waals surface area contributed by atoms with E-state index in [1.807, 2.05) is 12.1 Å². The molecule has 0 saturated carbocycles. The van der Waals surface area contributed by atoms with Gasteiger partial charge in [-0.25, -0.2) is 4.79 Å². The van der Waals surface area contributed by atoms with Gasteiger partial charge in [-0.3, -0.25) is 4.79 Å². The van der Waals surface area contributed by atoms with E-state index in [1.54, 1.807) is 23.6 Å². The minimum absolute atomic E-state index is 0.107. The average molecular weight is 305 g/mol. The highest BCUT2D eigenvalue weighted by atomic mass is 32.1. The molecule has 1 amide bonds. The van der Waals surface area contributed by atoms with Crippen LogP contribution in [0.25, 0.3) is 0 Å². The van der Waals surface area contributed by atoms with Crippen LogP contribution in [0.5, 0.6) is 5.75 Å². The smallest absolute Gasteiger partial charge is 0.348 e. The molecule has 0 radical (unpaired) electrons. The first-order chi connectivity index (χ1) is 10.1. The van der Waals surface area contributed by atoms with Crippen LogP contribution >= 0.6 is 11.3 Å². The van der Waals surface area contributed by atoms with Gasteiger partial charge in [-0.15, -0.1) is 11.3 Å². The van der Waals surface area contributed by atoms with E-state index in [-0.39, 0.29) is 11.5 Å². The van der Waals surface area contributed by atoms with Crippen LogP contribution in [-0.4, -0.2) is 23.6 Å². The van der Waals surface area contributed by atoms with E-state index in [0.717, 1.165) is 17.8 Å². The zero-order chi connectivity index (χ0) is 15.2. The minimum atomic E-state index is -1.06. The van der Waals surface area contributed by atoms with Crippen LogP contribution in [0.2, 0.25) is 0 Å². The van der Waals surface area contributed by atoms with Gasteiger partial charge in [0.15, 0.2) is 6.61 Å². The molecule has 0 aliphatic carbocycles. The number of amides is 1.